The molecule has 0 unspecified atom stereocenters. The average Bonchev–Trinajstić information content (AvgIpc) is 2.61. The molecule has 0 amide bonds. The van der Waals surface area contributed by atoms with Crippen molar-refractivity contribution in [2.75, 3.05) is 18.5 Å². The number of benzene rings is 2. The molecule has 0 radical (unpaired) electrons. The van der Waals surface area contributed by atoms with Gasteiger partial charge in [-0.05, 0) is 0 Å². The number of aliphatic hydroxyl groups excluding tert-OH is 1. The lowest BCUT2D eigenvalue weighted by molar-refractivity contribution is 0.311. The first-order valence-electron chi connectivity index (χ1n) is 7.21. The predicted molar refractivity (Wildman–Crippen MR) is 88.5 cm³/mol. The minimum atomic E-state index is 0.0609. The van der Waals surface area contributed by atoms with E-state index in [1.54, 1.807) is 0 Å². The molecule has 22 heavy (non-hydrogen) atoms. The minimum Gasteiger partial charge on any atom is -0.395 e. The lowest BCUT2D eigenvalue weighted by Gasteiger charge is -2.09. The average molecular weight is 291 g/mol. The van der Waals surface area contributed by atoms with Crippen LogP contribution in [0.5, 0.6) is 0 Å². The van der Waals surface area contributed by atoms with E-state index >= 15 is 0 Å². The molecule has 4 nitrogen and oxygen atoms in total. The van der Waals surface area contributed by atoms with Gasteiger partial charge in [-0.3, -0.25) is 0 Å². The van der Waals surface area contributed by atoms with Gasteiger partial charge in [-0.1, -0.05) is 60.7 Å². The van der Waals surface area contributed by atoms with Crippen molar-refractivity contribution in [3.8, 4) is 22.6 Å². The Morgan fingerprint density at radius 1 is 0.818 bits per heavy atom. The van der Waals surface area contributed by atoms with E-state index in [0.717, 1.165) is 16.8 Å². The van der Waals surface area contributed by atoms with Gasteiger partial charge < -0.3 is 10.4 Å². The third-order valence-corrected chi connectivity index (χ3v) is 3.25. The van der Waals surface area contributed by atoms with E-state index in [1.807, 2.05) is 66.7 Å². The summed E-state index contributed by atoms with van der Waals surface area (Å²) in [7, 11) is 0. The molecule has 0 aliphatic rings. The van der Waals surface area contributed by atoms with Crippen LogP contribution in [0, 0.1) is 0 Å². The third-order valence-electron chi connectivity index (χ3n) is 3.25. The second-order valence-corrected chi connectivity index (χ2v) is 4.84. The normalized spacial score (nSPS) is 10.4. The molecule has 3 rings (SSSR count). The minimum absolute atomic E-state index is 0.0609. The Bertz CT molecular complexity index is 672. The van der Waals surface area contributed by atoms with Crippen LogP contribution in [0.25, 0.3) is 22.6 Å². The van der Waals surface area contributed by atoms with Crippen LogP contribution in [-0.4, -0.2) is 28.2 Å². The van der Waals surface area contributed by atoms with Crippen LogP contribution in [0.4, 0.5) is 5.82 Å². The zero-order chi connectivity index (χ0) is 15.2. The van der Waals surface area contributed by atoms with E-state index in [4.69, 9.17) is 5.11 Å². The fourth-order valence-electron chi connectivity index (χ4n) is 2.19. The quantitative estimate of drug-likeness (QED) is 0.758. The SMILES string of the molecule is OCCNc1cc(-c2ccccc2)nc(-c2ccccc2)n1. The third kappa shape index (κ3) is 3.30. The highest BCUT2D eigenvalue weighted by Gasteiger charge is 2.08. The Kier molecular flexibility index (Phi) is 4.41. The molecule has 0 fully saturated rings. The van der Waals surface area contributed by atoms with Gasteiger partial charge >= 0.3 is 0 Å². The fourth-order valence-corrected chi connectivity index (χ4v) is 2.19. The van der Waals surface area contributed by atoms with Crippen molar-refractivity contribution < 1.29 is 5.11 Å². The van der Waals surface area contributed by atoms with E-state index in [9.17, 15) is 0 Å². The van der Waals surface area contributed by atoms with Crippen LogP contribution in [0.15, 0.2) is 66.7 Å². The number of aliphatic hydroxyl groups is 1. The molecule has 0 saturated carbocycles. The molecule has 0 atom stereocenters. The first-order valence-corrected chi connectivity index (χ1v) is 7.21. The van der Waals surface area contributed by atoms with E-state index in [-0.39, 0.29) is 6.61 Å². The largest absolute Gasteiger partial charge is 0.395 e. The summed E-state index contributed by atoms with van der Waals surface area (Å²) in [6, 6.07) is 21.8. The van der Waals surface area contributed by atoms with Crippen molar-refractivity contribution in [3.05, 3.63) is 66.7 Å². The molecule has 0 spiro atoms. The van der Waals surface area contributed by atoms with Crippen molar-refractivity contribution >= 4 is 5.82 Å². The van der Waals surface area contributed by atoms with E-state index < -0.39 is 0 Å². The fraction of sp³-hybridized carbons (Fsp3) is 0.111. The van der Waals surface area contributed by atoms with Gasteiger partial charge in [0.1, 0.15) is 5.82 Å². The Hall–Kier alpha value is -2.72. The zero-order valence-electron chi connectivity index (χ0n) is 12.1. The highest BCUT2D eigenvalue weighted by Crippen LogP contribution is 2.24. The zero-order valence-corrected chi connectivity index (χ0v) is 12.1. The molecular formula is C18H17N3O. The summed E-state index contributed by atoms with van der Waals surface area (Å²) in [5.74, 6) is 1.38. The number of hydrogen-bond donors (Lipinski definition) is 2. The molecular weight excluding hydrogens is 274 g/mol. The number of nitrogens with zero attached hydrogens (tertiary/aromatic N) is 2. The molecule has 4 heteroatoms. The monoisotopic (exact) mass is 291 g/mol. The molecule has 0 bridgehead atoms. The maximum atomic E-state index is 8.99. The number of hydrogen-bond acceptors (Lipinski definition) is 4. The highest BCUT2D eigenvalue weighted by molar-refractivity contribution is 5.67. The number of nitrogens with one attached hydrogen (secondary N) is 1. The van der Waals surface area contributed by atoms with Crippen molar-refractivity contribution in [1.82, 2.24) is 9.97 Å². The summed E-state index contributed by atoms with van der Waals surface area (Å²) in [5, 5.41) is 12.1. The molecule has 3 aromatic rings. The Morgan fingerprint density at radius 2 is 1.45 bits per heavy atom. The molecule has 110 valence electrons. The van der Waals surface area contributed by atoms with Crippen molar-refractivity contribution in [3.63, 3.8) is 0 Å². The lowest BCUT2D eigenvalue weighted by atomic mass is 10.1. The van der Waals surface area contributed by atoms with Gasteiger partial charge in [-0.15, -0.1) is 0 Å². The maximum Gasteiger partial charge on any atom is 0.162 e. The molecule has 0 saturated heterocycles. The van der Waals surface area contributed by atoms with Crippen molar-refractivity contribution in [1.29, 1.82) is 0 Å². The van der Waals surface area contributed by atoms with Gasteiger partial charge in [0.2, 0.25) is 0 Å². The summed E-state index contributed by atoms with van der Waals surface area (Å²) in [6.45, 7) is 0.519. The van der Waals surface area contributed by atoms with Crippen molar-refractivity contribution in [2.45, 2.75) is 0 Å². The van der Waals surface area contributed by atoms with E-state index in [0.29, 0.717) is 18.2 Å². The van der Waals surface area contributed by atoms with Crippen LogP contribution in [0.3, 0.4) is 0 Å². The topological polar surface area (TPSA) is 58.0 Å². The predicted octanol–water partition coefficient (Wildman–Crippen LogP) is 3.21. The second kappa shape index (κ2) is 6.83. The van der Waals surface area contributed by atoms with Gasteiger partial charge in [-0.2, -0.15) is 0 Å². The Balaban J connectivity index is 2.06. The highest BCUT2D eigenvalue weighted by atomic mass is 16.3. The summed E-state index contributed by atoms with van der Waals surface area (Å²) in [5.41, 5.74) is 2.86. The summed E-state index contributed by atoms with van der Waals surface area (Å²) in [6.07, 6.45) is 0. The summed E-state index contributed by atoms with van der Waals surface area (Å²) < 4.78 is 0. The second-order valence-electron chi connectivity index (χ2n) is 4.84. The molecule has 1 aromatic heterocycles. The Labute approximate surface area is 129 Å². The smallest absolute Gasteiger partial charge is 0.162 e. The molecule has 0 aliphatic carbocycles. The molecule has 2 aromatic carbocycles. The number of rotatable bonds is 5. The first kappa shape index (κ1) is 14.2. The van der Waals surface area contributed by atoms with Gasteiger partial charge in [0, 0.05) is 23.7 Å². The van der Waals surface area contributed by atoms with Crippen LogP contribution in [-0.2, 0) is 0 Å². The lowest BCUT2D eigenvalue weighted by Crippen LogP contribution is -2.08. The van der Waals surface area contributed by atoms with Gasteiger partial charge in [0.05, 0.1) is 12.3 Å². The van der Waals surface area contributed by atoms with Crippen molar-refractivity contribution in [2.24, 2.45) is 0 Å². The van der Waals surface area contributed by atoms with Crippen LogP contribution in [0.1, 0.15) is 0 Å². The molecule has 2 N–H and O–H groups in total. The standard InChI is InChI=1S/C18H17N3O/c22-12-11-19-17-13-16(14-7-3-1-4-8-14)20-18(21-17)15-9-5-2-6-10-15/h1-10,13,22H,11-12H2,(H,19,20,21). The van der Waals surface area contributed by atoms with E-state index in [2.05, 4.69) is 15.3 Å². The number of aromatic nitrogens is 2. The van der Waals surface area contributed by atoms with Crippen LogP contribution in [0.2, 0.25) is 0 Å². The van der Waals surface area contributed by atoms with Crippen LogP contribution < -0.4 is 5.32 Å². The van der Waals surface area contributed by atoms with Gasteiger partial charge in [0.25, 0.3) is 0 Å². The molecule has 0 aliphatic heterocycles. The Morgan fingerprint density at radius 3 is 2.09 bits per heavy atom. The summed E-state index contributed by atoms with van der Waals surface area (Å²) >= 11 is 0. The maximum absolute atomic E-state index is 8.99. The summed E-state index contributed by atoms with van der Waals surface area (Å²) in [4.78, 5) is 9.20. The van der Waals surface area contributed by atoms with Crippen LogP contribution >= 0.6 is 0 Å². The van der Waals surface area contributed by atoms with Gasteiger partial charge in [0.15, 0.2) is 5.82 Å². The van der Waals surface area contributed by atoms with Gasteiger partial charge in [-0.25, -0.2) is 9.97 Å². The number of anilines is 1. The van der Waals surface area contributed by atoms with E-state index in [1.165, 1.54) is 0 Å². The first-order chi connectivity index (χ1) is 10.9. The molecule has 1 heterocycles.